The summed E-state index contributed by atoms with van der Waals surface area (Å²) in [6, 6.07) is 7.65. The maximum atomic E-state index is 12.6. The quantitative estimate of drug-likeness (QED) is 0.791. The lowest BCUT2D eigenvalue weighted by molar-refractivity contribution is 0.0101. The zero-order valence-electron chi connectivity index (χ0n) is 11.9. The summed E-state index contributed by atoms with van der Waals surface area (Å²) in [6.07, 6.45) is -0.0897. The third-order valence-corrected chi connectivity index (χ3v) is 6.70. The summed E-state index contributed by atoms with van der Waals surface area (Å²) < 4.78 is 33.1. The molecule has 0 aliphatic carbocycles. The van der Waals surface area contributed by atoms with Crippen LogP contribution in [0.15, 0.2) is 39.1 Å². The monoisotopic (exact) mass is 402 g/mol. The van der Waals surface area contributed by atoms with Gasteiger partial charge in [0.25, 0.3) is 10.0 Å². The van der Waals surface area contributed by atoms with Gasteiger partial charge in [0.05, 0.1) is 12.7 Å². The molecule has 22 heavy (non-hydrogen) atoms. The number of benzene rings is 1. The standard InChI is InChI=1S/C14H15BrN2O3S2/c1-10-8-17(6-7-20-10)22(18,19)13-9-21-14(16-13)11-2-4-12(15)5-3-11/h2-5,9-10H,6-8H2,1H3/t10-/m1/s1. The molecule has 0 radical (unpaired) electrons. The van der Waals surface area contributed by atoms with Crippen LogP contribution < -0.4 is 0 Å². The Hall–Kier alpha value is -0.800. The van der Waals surface area contributed by atoms with Crippen molar-refractivity contribution < 1.29 is 13.2 Å². The lowest BCUT2D eigenvalue weighted by atomic mass is 10.2. The molecule has 3 rings (SSSR count). The Kier molecular flexibility index (Phi) is 4.65. The second-order valence-corrected chi connectivity index (χ2v) is 8.70. The number of rotatable bonds is 3. The predicted molar refractivity (Wildman–Crippen MR) is 89.4 cm³/mol. The van der Waals surface area contributed by atoms with Gasteiger partial charge in [-0.05, 0) is 19.1 Å². The molecule has 1 atom stereocenters. The zero-order valence-corrected chi connectivity index (χ0v) is 15.1. The third-order valence-electron chi connectivity index (χ3n) is 3.38. The number of sulfonamides is 1. The van der Waals surface area contributed by atoms with Crippen molar-refractivity contribution in [3.8, 4) is 10.6 Å². The van der Waals surface area contributed by atoms with Crippen LogP contribution in [0.25, 0.3) is 10.6 Å². The van der Waals surface area contributed by atoms with Crippen molar-refractivity contribution in [1.82, 2.24) is 9.29 Å². The van der Waals surface area contributed by atoms with Gasteiger partial charge in [-0.25, -0.2) is 13.4 Å². The number of morpholine rings is 1. The second-order valence-electron chi connectivity index (χ2n) is 5.04. The van der Waals surface area contributed by atoms with Gasteiger partial charge in [0.1, 0.15) is 5.01 Å². The van der Waals surface area contributed by atoms with Crippen LogP contribution in [0.4, 0.5) is 0 Å². The topological polar surface area (TPSA) is 59.5 Å². The highest BCUT2D eigenvalue weighted by molar-refractivity contribution is 9.10. The highest BCUT2D eigenvalue weighted by Gasteiger charge is 2.31. The molecule has 0 bridgehead atoms. The van der Waals surface area contributed by atoms with Crippen LogP contribution in [-0.2, 0) is 14.8 Å². The maximum Gasteiger partial charge on any atom is 0.261 e. The molecule has 0 spiro atoms. The second kappa shape index (κ2) is 6.37. The van der Waals surface area contributed by atoms with E-state index in [0.717, 1.165) is 10.0 Å². The van der Waals surface area contributed by atoms with Crippen molar-refractivity contribution >= 4 is 37.3 Å². The van der Waals surface area contributed by atoms with Gasteiger partial charge >= 0.3 is 0 Å². The van der Waals surface area contributed by atoms with Crippen LogP contribution in [0.3, 0.4) is 0 Å². The Labute approximate surface area is 142 Å². The lowest BCUT2D eigenvalue weighted by Gasteiger charge is -2.29. The molecular weight excluding hydrogens is 388 g/mol. The summed E-state index contributed by atoms with van der Waals surface area (Å²) in [5, 5.41) is 2.42. The Morgan fingerprint density at radius 1 is 1.36 bits per heavy atom. The van der Waals surface area contributed by atoms with E-state index in [0.29, 0.717) is 24.7 Å². The van der Waals surface area contributed by atoms with Gasteiger partial charge in [0, 0.05) is 28.5 Å². The van der Waals surface area contributed by atoms with Crippen LogP contribution >= 0.6 is 27.3 Å². The molecule has 118 valence electrons. The molecule has 1 saturated heterocycles. The Morgan fingerprint density at radius 2 is 2.09 bits per heavy atom. The molecule has 5 nitrogen and oxygen atoms in total. The van der Waals surface area contributed by atoms with Crippen LogP contribution in [0.1, 0.15) is 6.92 Å². The summed E-state index contributed by atoms with van der Waals surface area (Å²) in [7, 11) is -3.55. The molecule has 1 aromatic heterocycles. The van der Waals surface area contributed by atoms with E-state index in [2.05, 4.69) is 20.9 Å². The molecule has 1 aromatic carbocycles. The molecule has 0 N–H and O–H groups in total. The molecule has 2 heterocycles. The van der Waals surface area contributed by atoms with Gasteiger partial charge in [0.2, 0.25) is 0 Å². The van der Waals surface area contributed by atoms with Crippen molar-refractivity contribution in [2.24, 2.45) is 0 Å². The summed E-state index contributed by atoms with van der Waals surface area (Å²) >= 11 is 4.72. The number of halogens is 1. The van der Waals surface area contributed by atoms with Crippen molar-refractivity contribution in [1.29, 1.82) is 0 Å². The highest BCUT2D eigenvalue weighted by Crippen LogP contribution is 2.28. The summed E-state index contributed by atoms with van der Waals surface area (Å²) in [5.41, 5.74) is 0.907. The first-order chi connectivity index (χ1) is 10.5. The van der Waals surface area contributed by atoms with E-state index in [1.54, 1.807) is 5.38 Å². The number of ether oxygens (including phenoxy) is 1. The number of nitrogens with zero attached hydrogens (tertiary/aromatic N) is 2. The number of hydrogen-bond donors (Lipinski definition) is 0. The highest BCUT2D eigenvalue weighted by atomic mass is 79.9. The van der Waals surface area contributed by atoms with E-state index in [9.17, 15) is 8.42 Å². The Morgan fingerprint density at radius 3 is 2.77 bits per heavy atom. The number of thiazole rings is 1. The predicted octanol–water partition coefficient (Wildman–Crippen LogP) is 2.98. The van der Waals surface area contributed by atoms with E-state index < -0.39 is 10.0 Å². The molecular formula is C14H15BrN2O3S2. The molecule has 1 aliphatic rings. The minimum absolute atomic E-state index is 0.0897. The fourth-order valence-electron chi connectivity index (χ4n) is 2.24. The molecule has 2 aromatic rings. The van der Waals surface area contributed by atoms with E-state index in [1.807, 2.05) is 31.2 Å². The first-order valence-corrected chi connectivity index (χ1v) is 9.91. The van der Waals surface area contributed by atoms with Crippen molar-refractivity contribution in [2.75, 3.05) is 19.7 Å². The summed E-state index contributed by atoms with van der Waals surface area (Å²) in [4.78, 5) is 4.31. The van der Waals surface area contributed by atoms with Gasteiger partial charge in [-0.2, -0.15) is 4.31 Å². The molecule has 0 saturated carbocycles. The van der Waals surface area contributed by atoms with Gasteiger partial charge in [-0.1, -0.05) is 28.1 Å². The fraction of sp³-hybridized carbons (Fsp3) is 0.357. The van der Waals surface area contributed by atoms with Crippen LogP contribution in [0.2, 0.25) is 0 Å². The summed E-state index contributed by atoms with van der Waals surface area (Å²) in [6.45, 7) is 3.03. The molecule has 1 aliphatic heterocycles. The minimum atomic E-state index is -3.55. The normalized spacial score (nSPS) is 20.2. The van der Waals surface area contributed by atoms with E-state index in [1.165, 1.54) is 15.6 Å². The average molecular weight is 403 g/mol. The first kappa shape index (κ1) is 16.1. The number of hydrogen-bond acceptors (Lipinski definition) is 5. The van der Waals surface area contributed by atoms with E-state index in [4.69, 9.17) is 4.74 Å². The average Bonchev–Trinajstić information content (AvgIpc) is 2.98. The van der Waals surface area contributed by atoms with E-state index >= 15 is 0 Å². The van der Waals surface area contributed by atoms with Crippen molar-refractivity contribution in [2.45, 2.75) is 18.1 Å². The van der Waals surface area contributed by atoms with Gasteiger partial charge in [-0.15, -0.1) is 11.3 Å². The largest absolute Gasteiger partial charge is 0.376 e. The van der Waals surface area contributed by atoms with E-state index in [-0.39, 0.29) is 11.1 Å². The van der Waals surface area contributed by atoms with Crippen molar-refractivity contribution in [3.05, 3.63) is 34.1 Å². The van der Waals surface area contributed by atoms with Crippen LogP contribution in [0, 0.1) is 0 Å². The lowest BCUT2D eigenvalue weighted by Crippen LogP contribution is -2.44. The molecule has 0 amide bonds. The fourth-order valence-corrected chi connectivity index (χ4v) is 5.07. The van der Waals surface area contributed by atoms with Gasteiger partial charge in [0.15, 0.2) is 5.03 Å². The van der Waals surface area contributed by atoms with Crippen molar-refractivity contribution in [3.63, 3.8) is 0 Å². The molecule has 0 unspecified atom stereocenters. The number of aromatic nitrogens is 1. The molecule has 8 heteroatoms. The Balaban J connectivity index is 1.87. The zero-order chi connectivity index (χ0) is 15.7. The maximum absolute atomic E-state index is 12.6. The van der Waals surface area contributed by atoms with Crippen LogP contribution in [0.5, 0.6) is 0 Å². The Bertz CT molecular complexity index is 759. The van der Waals surface area contributed by atoms with Crippen LogP contribution in [-0.4, -0.2) is 43.5 Å². The summed E-state index contributed by atoms with van der Waals surface area (Å²) in [5.74, 6) is 0. The van der Waals surface area contributed by atoms with Gasteiger partial charge < -0.3 is 4.74 Å². The molecule has 1 fully saturated rings. The minimum Gasteiger partial charge on any atom is -0.376 e. The first-order valence-electron chi connectivity index (χ1n) is 6.80. The SMILES string of the molecule is C[C@@H]1CN(S(=O)(=O)c2csc(-c3ccc(Br)cc3)n2)CCO1. The third kappa shape index (κ3) is 3.26. The van der Waals surface area contributed by atoms with Gasteiger partial charge in [-0.3, -0.25) is 0 Å². The smallest absolute Gasteiger partial charge is 0.261 e.